The van der Waals surface area contributed by atoms with Gasteiger partial charge < -0.3 is 35.4 Å². The number of likely N-dealkylation sites (N-methyl/N-ethyl adjacent to an activating group) is 1. The van der Waals surface area contributed by atoms with Gasteiger partial charge in [0.15, 0.2) is 0 Å². The number of hydrogen-bond acceptors (Lipinski definition) is 10. The Labute approximate surface area is 336 Å². The number of carbonyl (C=O) groups is 2. The van der Waals surface area contributed by atoms with E-state index in [1.165, 1.54) is 18.2 Å². The van der Waals surface area contributed by atoms with E-state index in [9.17, 15) is 19.8 Å². The Morgan fingerprint density at radius 1 is 1.12 bits per heavy atom. The number of rotatable bonds is 15. The molecular weight excluding hydrogens is 728 g/mol. The Morgan fingerprint density at radius 3 is 2.47 bits per heavy atom. The zero-order chi connectivity index (χ0) is 41.3. The summed E-state index contributed by atoms with van der Waals surface area (Å²) in [6, 6.07) is 12.9. The van der Waals surface area contributed by atoms with Crippen LogP contribution in [0.4, 0.5) is 10.1 Å². The molecule has 12 nitrogen and oxygen atoms in total. The Balaban J connectivity index is 1.31. The molecule has 2 bridgehead atoms. The minimum Gasteiger partial charge on any atom is -0.496 e. The Bertz CT molecular complexity index is 1890. The van der Waals surface area contributed by atoms with E-state index in [0.717, 1.165) is 24.2 Å². The monoisotopic (exact) mass is 788 g/mol. The number of hydroxylamine groups is 2. The molecular formula is C44H61FN6O6. The van der Waals surface area contributed by atoms with Crippen molar-refractivity contribution >= 4 is 17.5 Å². The number of pyridine rings is 1. The maximum absolute atomic E-state index is 16.1. The predicted octanol–water partition coefficient (Wildman–Crippen LogP) is 4.53. The third-order valence-corrected chi connectivity index (χ3v) is 12.9. The second-order valence-electron chi connectivity index (χ2n) is 17.5. The van der Waals surface area contributed by atoms with E-state index in [1.54, 1.807) is 25.3 Å². The molecule has 2 heterocycles. The minimum absolute atomic E-state index is 0.0444. The van der Waals surface area contributed by atoms with Crippen molar-refractivity contribution in [3.63, 3.8) is 0 Å². The molecule has 0 spiro atoms. The van der Waals surface area contributed by atoms with Crippen LogP contribution in [0.5, 0.6) is 5.75 Å². The molecule has 3 saturated carbocycles. The average molecular weight is 789 g/mol. The van der Waals surface area contributed by atoms with Crippen molar-refractivity contribution < 1.29 is 33.8 Å². The molecule has 1 aliphatic heterocycles. The van der Waals surface area contributed by atoms with E-state index in [1.807, 2.05) is 68.3 Å². The van der Waals surface area contributed by atoms with Crippen LogP contribution in [0.2, 0.25) is 0 Å². The van der Waals surface area contributed by atoms with Gasteiger partial charge in [0.2, 0.25) is 5.91 Å². The van der Waals surface area contributed by atoms with Crippen LogP contribution in [-0.4, -0.2) is 116 Å². The molecule has 2 aromatic carbocycles. The lowest BCUT2D eigenvalue weighted by molar-refractivity contribution is -0.183. The lowest BCUT2D eigenvalue weighted by atomic mass is 9.45. The first-order valence-electron chi connectivity index (χ1n) is 20.1. The number of aliphatic hydroxyl groups is 2. The molecule has 3 aliphatic carbocycles. The number of fused-ring (bicyclic) bond motifs is 2. The number of anilines is 1. The Kier molecular flexibility index (Phi) is 12.9. The summed E-state index contributed by atoms with van der Waals surface area (Å²) in [5.74, 6) is -0.451. The lowest BCUT2D eigenvalue weighted by Gasteiger charge is -2.62. The van der Waals surface area contributed by atoms with Gasteiger partial charge in [-0.25, -0.2) is 4.39 Å². The van der Waals surface area contributed by atoms with Crippen molar-refractivity contribution in [2.75, 3.05) is 53.4 Å². The first-order valence-corrected chi connectivity index (χ1v) is 20.1. The number of hydrogen-bond donors (Lipinski definition) is 4. The van der Waals surface area contributed by atoms with Crippen LogP contribution >= 0.6 is 0 Å². The van der Waals surface area contributed by atoms with Crippen LogP contribution in [0.15, 0.2) is 54.7 Å². The van der Waals surface area contributed by atoms with Gasteiger partial charge in [-0.15, -0.1) is 0 Å². The molecule has 7 rings (SSSR count). The minimum atomic E-state index is -1.01. The highest BCUT2D eigenvalue weighted by atomic mass is 19.1. The summed E-state index contributed by atoms with van der Waals surface area (Å²) in [5.41, 5.74) is 3.56. The third-order valence-electron chi connectivity index (χ3n) is 12.9. The number of halogens is 1. The molecule has 1 aromatic heterocycles. The molecule has 310 valence electrons. The second kappa shape index (κ2) is 17.4. The van der Waals surface area contributed by atoms with Crippen LogP contribution in [0.1, 0.15) is 62.2 Å². The van der Waals surface area contributed by atoms with Gasteiger partial charge in [0.1, 0.15) is 23.7 Å². The summed E-state index contributed by atoms with van der Waals surface area (Å²) >= 11 is 0. The topological polar surface area (TPSA) is 140 Å². The van der Waals surface area contributed by atoms with E-state index in [2.05, 4.69) is 36.4 Å². The van der Waals surface area contributed by atoms with Gasteiger partial charge in [0.05, 0.1) is 26.4 Å². The summed E-state index contributed by atoms with van der Waals surface area (Å²) in [5, 5.41) is 29.2. The highest BCUT2D eigenvalue weighted by Crippen LogP contribution is 2.61. The molecule has 1 unspecified atom stereocenters. The number of nitrogens with one attached hydrogen (secondary N) is 2. The summed E-state index contributed by atoms with van der Waals surface area (Å²) in [7, 11) is 9.13. The normalized spacial score (nSPS) is 26.4. The van der Waals surface area contributed by atoms with Crippen LogP contribution in [0, 0.1) is 34.9 Å². The van der Waals surface area contributed by atoms with Gasteiger partial charge in [0.25, 0.3) is 5.91 Å². The zero-order valence-electron chi connectivity index (χ0n) is 34.8. The predicted molar refractivity (Wildman–Crippen MR) is 218 cm³/mol. The molecule has 4 aliphatic rings. The van der Waals surface area contributed by atoms with Crippen LogP contribution in [0.25, 0.3) is 11.1 Å². The summed E-state index contributed by atoms with van der Waals surface area (Å²) < 4.78 is 22.0. The molecule has 2 amide bonds. The molecule has 4 N–H and O–H groups in total. The number of aliphatic hydroxyl groups excluding tert-OH is 2. The molecule has 9 atom stereocenters. The van der Waals surface area contributed by atoms with Gasteiger partial charge >= 0.3 is 0 Å². The van der Waals surface area contributed by atoms with Crippen molar-refractivity contribution in [1.29, 1.82) is 0 Å². The fraction of sp³-hybridized carbons (Fsp3) is 0.568. The lowest BCUT2D eigenvalue weighted by Crippen LogP contribution is -2.62. The molecule has 57 heavy (non-hydrogen) atoms. The van der Waals surface area contributed by atoms with Crippen molar-refractivity contribution in [2.24, 2.45) is 29.1 Å². The van der Waals surface area contributed by atoms with E-state index in [0.29, 0.717) is 41.5 Å². The summed E-state index contributed by atoms with van der Waals surface area (Å²) in [6.45, 7) is 8.33. The summed E-state index contributed by atoms with van der Waals surface area (Å²) in [4.78, 5) is 42.8. The number of aromatic nitrogens is 1. The van der Waals surface area contributed by atoms with Crippen LogP contribution < -0.4 is 20.3 Å². The van der Waals surface area contributed by atoms with E-state index >= 15 is 4.39 Å². The van der Waals surface area contributed by atoms with Crippen molar-refractivity contribution in [2.45, 2.75) is 83.8 Å². The fourth-order valence-corrected chi connectivity index (χ4v) is 9.65. The maximum atomic E-state index is 16.1. The van der Waals surface area contributed by atoms with Gasteiger partial charge in [-0.1, -0.05) is 26.8 Å². The quantitative estimate of drug-likeness (QED) is 0.174. The molecule has 0 radical (unpaired) electrons. The van der Waals surface area contributed by atoms with Crippen LogP contribution in [-0.2, 0) is 22.6 Å². The van der Waals surface area contributed by atoms with E-state index in [4.69, 9.17) is 9.57 Å². The smallest absolute Gasteiger partial charge is 0.251 e. The number of amides is 2. The first kappa shape index (κ1) is 42.5. The number of methoxy groups -OCH3 is 1. The van der Waals surface area contributed by atoms with E-state index in [-0.39, 0.29) is 53.1 Å². The molecule has 13 heteroatoms. The van der Waals surface area contributed by atoms with Crippen molar-refractivity contribution in [3.05, 3.63) is 77.4 Å². The Hall–Kier alpha value is -4.14. The molecule has 4 fully saturated rings. The van der Waals surface area contributed by atoms with Gasteiger partial charge in [-0.05, 0) is 105 Å². The largest absolute Gasteiger partial charge is 0.496 e. The van der Waals surface area contributed by atoms with Gasteiger partial charge in [-0.2, -0.15) is 5.06 Å². The molecule has 3 aromatic rings. The Morgan fingerprint density at radius 2 is 1.88 bits per heavy atom. The summed E-state index contributed by atoms with van der Waals surface area (Å²) in [6.07, 6.45) is 2.41. The fourth-order valence-electron chi connectivity index (χ4n) is 9.65. The van der Waals surface area contributed by atoms with Crippen LogP contribution in [0.3, 0.4) is 0 Å². The standard InChI is InChI=1S/C44H61FN6O6/c1-25-35-19-29(44(35,3)4)20-37(25)48-43(55)40-39(26(2)53)38(24-52)57-51(40)23-34-36(45)14-13-33(41(34)56-9)27-16-28(18-32(17-27)50(7)8)42(54)47-31(22-49(5)6)21-30-12-10-11-15-46-30/h10-18,25-26,29,31,35,37-40,52-53H,19-24H2,1-9H3,(H,47,54)(H,48,55)/t25-,26-,29?,31-,35-,37-,38-,39+,40-/m0/s1. The van der Waals surface area contributed by atoms with Gasteiger partial charge in [0, 0.05) is 79.3 Å². The number of carbonyl (C=O) groups excluding carboxylic acids is 2. The number of ether oxygens (including phenoxy) is 1. The highest BCUT2D eigenvalue weighted by Gasteiger charge is 2.57. The van der Waals surface area contributed by atoms with E-state index < -0.39 is 36.6 Å². The zero-order valence-corrected chi connectivity index (χ0v) is 34.8. The van der Waals surface area contributed by atoms with Crippen molar-refractivity contribution in [1.82, 2.24) is 25.6 Å². The third kappa shape index (κ3) is 8.83. The average Bonchev–Trinajstić information content (AvgIpc) is 3.54. The second-order valence-corrected chi connectivity index (χ2v) is 17.5. The SMILES string of the molecule is COc1c(-c2cc(C(=O)N[C@@H](Cc3ccccn3)CN(C)C)cc(N(C)C)c2)ccc(F)c1CN1O[C@@H](CO)[C@@H]([C@H](C)O)[C@H]1C(=O)N[C@H]1CC2C[C@@H]([C@@H]1C)C2(C)C. The van der Waals surface area contributed by atoms with Crippen molar-refractivity contribution in [3.8, 4) is 16.9 Å². The molecule has 1 saturated heterocycles. The number of nitrogens with zero attached hydrogens (tertiary/aromatic N) is 4. The van der Waals surface area contributed by atoms with Gasteiger partial charge in [-0.3, -0.25) is 19.4 Å². The number of benzene rings is 2. The maximum Gasteiger partial charge on any atom is 0.251 e. The highest BCUT2D eigenvalue weighted by molar-refractivity contribution is 5.97. The first-order chi connectivity index (χ1) is 27.0.